The summed E-state index contributed by atoms with van der Waals surface area (Å²) < 4.78 is 2.05. The van der Waals surface area contributed by atoms with E-state index in [4.69, 9.17) is 9.97 Å². The summed E-state index contributed by atoms with van der Waals surface area (Å²) in [6, 6.07) is 27.9. The van der Waals surface area contributed by atoms with Crippen LogP contribution in [0, 0.1) is 0 Å². The van der Waals surface area contributed by atoms with Gasteiger partial charge in [-0.25, -0.2) is 15.0 Å². The van der Waals surface area contributed by atoms with Crippen molar-refractivity contribution in [1.82, 2.24) is 24.3 Å². The fourth-order valence-corrected chi connectivity index (χ4v) is 6.41. The molecule has 0 saturated carbocycles. The Hall–Kier alpha value is -5.06. The fraction of sp³-hybridized carbons (Fsp3) is 0.200. The molecular formula is C35H34N8OS. The van der Waals surface area contributed by atoms with Crippen molar-refractivity contribution in [1.29, 1.82) is 0 Å². The number of fused-ring (bicyclic) bond motifs is 1. The Morgan fingerprint density at radius 3 is 2.44 bits per heavy atom. The van der Waals surface area contributed by atoms with Crippen LogP contribution >= 0.6 is 11.3 Å². The Morgan fingerprint density at radius 1 is 0.867 bits per heavy atom. The van der Waals surface area contributed by atoms with E-state index in [1.165, 1.54) is 5.69 Å². The molecule has 4 heterocycles. The first-order valence-corrected chi connectivity index (χ1v) is 16.0. The van der Waals surface area contributed by atoms with E-state index >= 15 is 0 Å². The number of anilines is 4. The van der Waals surface area contributed by atoms with Crippen molar-refractivity contribution < 1.29 is 4.79 Å². The summed E-state index contributed by atoms with van der Waals surface area (Å²) in [6.07, 6.45) is 3.76. The van der Waals surface area contributed by atoms with Crippen LogP contribution in [-0.4, -0.2) is 62.4 Å². The third-order valence-corrected chi connectivity index (χ3v) is 8.88. The Balaban J connectivity index is 1.12. The van der Waals surface area contributed by atoms with Crippen molar-refractivity contribution in [3.63, 3.8) is 0 Å². The summed E-state index contributed by atoms with van der Waals surface area (Å²) in [6.45, 7) is 8.75. The van der Waals surface area contributed by atoms with E-state index in [1.54, 1.807) is 29.7 Å². The van der Waals surface area contributed by atoms with Gasteiger partial charge in [-0.05, 0) is 68.4 Å². The van der Waals surface area contributed by atoms with E-state index in [1.807, 2.05) is 60.1 Å². The molecule has 226 valence electrons. The zero-order valence-electron chi connectivity index (χ0n) is 25.2. The summed E-state index contributed by atoms with van der Waals surface area (Å²) in [5.41, 5.74) is 6.71. The molecule has 0 aliphatic carbocycles. The zero-order valence-corrected chi connectivity index (χ0v) is 26.0. The summed E-state index contributed by atoms with van der Waals surface area (Å²) in [4.78, 5) is 33.0. The molecule has 10 heteroatoms. The van der Waals surface area contributed by atoms with Gasteiger partial charge in [-0.15, -0.1) is 11.3 Å². The SMILES string of the molecule is CC(C)N1CCN(c2ccc(Nc3nccc(-c4c(-c5cccc(NC(=O)c6ccccc6)c5)nc5sccn45)n3)cc2)CC1. The minimum Gasteiger partial charge on any atom is -0.369 e. The smallest absolute Gasteiger partial charge is 0.255 e. The van der Waals surface area contributed by atoms with Gasteiger partial charge in [0.25, 0.3) is 5.91 Å². The topological polar surface area (TPSA) is 90.7 Å². The average Bonchev–Trinajstić information content (AvgIpc) is 3.68. The Bertz CT molecular complexity index is 1920. The Kier molecular flexibility index (Phi) is 7.98. The number of aromatic nitrogens is 4. The second-order valence-electron chi connectivity index (χ2n) is 11.3. The van der Waals surface area contributed by atoms with Crippen LogP contribution in [0.1, 0.15) is 24.2 Å². The van der Waals surface area contributed by atoms with Crippen molar-refractivity contribution in [3.05, 3.63) is 108 Å². The van der Waals surface area contributed by atoms with Crippen LogP contribution in [-0.2, 0) is 0 Å². The monoisotopic (exact) mass is 614 g/mol. The Labute approximate surface area is 266 Å². The molecule has 3 aromatic carbocycles. The van der Waals surface area contributed by atoms with E-state index in [-0.39, 0.29) is 5.91 Å². The molecule has 1 fully saturated rings. The Morgan fingerprint density at radius 2 is 1.67 bits per heavy atom. The van der Waals surface area contributed by atoms with Gasteiger partial charge in [0, 0.05) is 78.2 Å². The van der Waals surface area contributed by atoms with Crippen molar-refractivity contribution >= 4 is 45.2 Å². The highest BCUT2D eigenvalue weighted by molar-refractivity contribution is 7.15. The second-order valence-corrected chi connectivity index (χ2v) is 12.2. The lowest BCUT2D eigenvalue weighted by atomic mass is 10.1. The number of piperazine rings is 1. The van der Waals surface area contributed by atoms with Gasteiger partial charge in [-0.1, -0.05) is 30.3 Å². The largest absolute Gasteiger partial charge is 0.369 e. The molecule has 0 radical (unpaired) electrons. The molecule has 45 heavy (non-hydrogen) atoms. The number of hydrogen-bond acceptors (Lipinski definition) is 8. The van der Waals surface area contributed by atoms with Crippen molar-refractivity contribution in [2.24, 2.45) is 0 Å². The van der Waals surface area contributed by atoms with Crippen LogP contribution in [0.5, 0.6) is 0 Å². The molecule has 0 bridgehead atoms. The first kappa shape index (κ1) is 28.7. The van der Waals surface area contributed by atoms with E-state index in [2.05, 4.69) is 67.9 Å². The van der Waals surface area contributed by atoms with Gasteiger partial charge >= 0.3 is 0 Å². The maximum absolute atomic E-state index is 12.8. The molecule has 6 aromatic rings. The molecule has 0 spiro atoms. The lowest BCUT2D eigenvalue weighted by molar-refractivity contribution is 0.102. The summed E-state index contributed by atoms with van der Waals surface area (Å²) >= 11 is 1.56. The fourth-order valence-electron chi connectivity index (χ4n) is 5.70. The molecule has 1 saturated heterocycles. The van der Waals surface area contributed by atoms with Gasteiger partial charge in [0.15, 0.2) is 4.96 Å². The zero-order chi connectivity index (χ0) is 30.8. The molecule has 2 N–H and O–H groups in total. The third kappa shape index (κ3) is 6.15. The van der Waals surface area contributed by atoms with Crippen molar-refractivity contribution in [2.45, 2.75) is 19.9 Å². The quantitative estimate of drug-likeness (QED) is 0.190. The highest BCUT2D eigenvalue weighted by atomic mass is 32.1. The van der Waals surface area contributed by atoms with Crippen LogP contribution in [0.25, 0.3) is 27.6 Å². The van der Waals surface area contributed by atoms with Gasteiger partial charge in [0.1, 0.15) is 5.69 Å². The van der Waals surface area contributed by atoms with Gasteiger partial charge in [0.2, 0.25) is 5.95 Å². The maximum atomic E-state index is 12.8. The standard InChI is InChI=1S/C35H34N8OS/c1-24(2)41-17-19-42(20-18-41)29-13-11-27(12-14-29)38-34-36-16-15-30(39-34)32-31(40-35-43(32)21-22-45-35)26-9-6-10-28(23-26)37-33(44)25-7-4-3-5-8-25/h3-16,21-24H,17-20H2,1-2H3,(H,37,44)(H,36,38,39). The molecule has 1 aliphatic heterocycles. The molecule has 9 nitrogen and oxygen atoms in total. The summed E-state index contributed by atoms with van der Waals surface area (Å²) in [5, 5.41) is 8.40. The van der Waals surface area contributed by atoms with Crippen molar-refractivity contribution in [2.75, 3.05) is 41.7 Å². The molecule has 7 rings (SSSR count). The summed E-state index contributed by atoms with van der Waals surface area (Å²) in [7, 11) is 0. The number of amides is 1. The highest BCUT2D eigenvalue weighted by Gasteiger charge is 2.21. The number of nitrogens with one attached hydrogen (secondary N) is 2. The van der Waals surface area contributed by atoms with Gasteiger partial charge < -0.3 is 15.5 Å². The van der Waals surface area contributed by atoms with E-state index in [9.17, 15) is 4.79 Å². The minimum absolute atomic E-state index is 0.160. The number of thiazole rings is 1. The van der Waals surface area contributed by atoms with Crippen LogP contribution in [0.4, 0.5) is 23.0 Å². The predicted octanol–water partition coefficient (Wildman–Crippen LogP) is 7.05. The molecule has 0 unspecified atom stereocenters. The van der Waals surface area contributed by atoms with E-state index < -0.39 is 0 Å². The highest BCUT2D eigenvalue weighted by Crippen LogP contribution is 2.35. The summed E-state index contributed by atoms with van der Waals surface area (Å²) in [5.74, 6) is 0.345. The number of hydrogen-bond donors (Lipinski definition) is 2. The van der Waals surface area contributed by atoms with Gasteiger partial charge in [-0.3, -0.25) is 14.1 Å². The molecular weight excluding hydrogens is 581 g/mol. The average molecular weight is 615 g/mol. The third-order valence-electron chi connectivity index (χ3n) is 8.12. The van der Waals surface area contributed by atoms with E-state index in [0.717, 1.165) is 59.5 Å². The second kappa shape index (κ2) is 12.5. The number of rotatable bonds is 8. The number of carbonyl (C=O) groups is 1. The van der Waals surface area contributed by atoms with Crippen LogP contribution in [0.2, 0.25) is 0 Å². The molecule has 3 aromatic heterocycles. The first-order valence-electron chi connectivity index (χ1n) is 15.1. The maximum Gasteiger partial charge on any atom is 0.255 e. The predicted molar refractivity (Wildman–Crippen MR) is 183 cm³/mol. The van der Waals surface area contributed by atoms with E-state index in [0.29, 0.717) is 23.2 Å². The number of benzene rings is 3. The normalized spacial score (nSPS) is 13.8. The number of imidazole rings is 1. The van der Waals surface area contributed by atoms with Crippen molar-refractivity contribution in [3.8, 4) is 22.6 Å². The van der Waals surface area contributed by atoms with Gasteiger partial charge in [0.05, 0.1) is 11.4 Å². The minimum atomic E-state index is -0.160. The molecule has 1 amide bonds. The van der Waals surface area contributed by atoms with Crippen LogP contribution in [0.3, 0.4) is 0 Å². The number of carbonyl (C=O) groups excluding carboxylic acids is 1. The molecule has 1 aliphatic rings. The van der Waals surface area contributed by atoms with Crippen LogP contribution in [0.15, 0.2) is 103 Å². The van der Waals surface area contributed by atoms with Crippen LogP contribution < -0.4 is 15.5 Å². The number of nitrogens with zero attached hydrogens (tertiary/aromatic N) is 6. The molecule has 0 atom stereocenters. The first-order chi connectivity index (χ1) is 22.0. The van der Waals surface area contributed by atoms with Gasteiger partial charge in [-0.2, -0.15) is 0 Å². The lowest BCUT2D eigenvalue weighted by Gasteiger charge is -2.38. The lowest BCUT2D eigenvalue weighted by Crippen LogP contribution is -2.48.